The van der Waals surface area contributed by atoms with Crippen molar-refractivity contribution in [3.05, 3.63) is 54.4 Å². The van der Waals surface area contributed by atoms with Gasteiger partial charge >= 0.3 is 6.61 Å². The third-order valence-corrected chi connectivity index (χ3v) is 3.95. The number of ether oxygens (including phenoxy) is 1. The zero-order valence-electron chi connectivity index (χ0n) is 11.5. The Labute approximate surface area is 133 Å². The van der Waals surface area contributed by atoms with E-state index in [9.17, 15) is 13.6 Å². The summed E-state index contributed by atoms with van der Waals surface area (Å²) in [5, 5.41) is 6.85. The number of alkyl halides is 2. The Kier molecular flexibility index (Phi) is 4.33. The van der Waals surface area contributed by atoms with Gasteiger partial charge in [-0.25, -0.2) is 0 Å². The maximum Gasteiger partial charge on any atom is 0.387 e. The molecule has 0 aliphatic heterocycles. The molecular weight excluding hydrogens is 326 g/mol. The number of amides is 1. The highest BCUT2D eigenvalue weighted by atomic mass is 32.1. The number of hydrogen-bond acceptors (Lipinski definition) is 5. The predicted molar refractivity (Wildman–Crippen MR) is 80.8 cm³/mol. The Morgan fingerprint density at radius 2 is 2.00 bits per heavy atom. The van der Waals surface area contributed by atoms with Crippen LogP contribution in [0.25, 0.3) is 10.4 Å². The van der Waals surface area contributed by atoms with Crippen LogP contribution in [-0.4, -0.2) is 17.7 Å². The lowest BCUT2D eigenvalue weighted by Crippen LogP contribution is -2.09. The summed E-state index contributed by atoms with van der Waals surface area (Å²) in [4.78, 5) is 12.8. The van der Waals surface area contributed by atoms with Crippen LogP contribution in [0.4, 0.5) is 13.8 Å². The molecule has 5 nitrogen and oxygen atoms in total. The van der Waals surface area contributed by atoms with Crippen molar-refractivity contribution >= 4 is 22.2 Å². The summed E-state index contributed by atoms with van der Waals surface area (Å²) in [5.41, 5.74) is 1.16. The summed E-state index contributed by atoms with van der Waals surface area (Å²) in [7, 11) is 0. The molecule has 8 heteroatoms. The van der Waals surface area contributed by atoms with Crippen LogP contribution in [0, 0.1) is 0 Å². The molecule has 0 fully saturated rings. The summed E-state index contributed by atoms with van der Waals surface area (Å²) in [5.74, 6) is -0.221. The molecule has 118 valence electrons. The summed E-state index contributed by atoms with van der Waals surface area (Å²) in [6, 6.07) is 9.88. The highest BCUT2D eigenvalue weighted by Crippen LogP contribution is 2.32. The van der Waals surface area contributed by atoms with Crippen LogP contribution >= 0.6 is 11.3 Å². The van der Waals surface area contributed by atoms with E-state index in [2.05, 4.69) is 19.7 Å². The van der Waals surface area contributed by atoms with E-state index in [0.717, 1.165) is 10.4 Å². The van der Waals surface area contributed by atoms with Crippen LogP contribution < -0.4 is 10.1 Å². The number of anilines is 1. The molecular formula is C15H10F2N2O3S. The van der Waals surface area contributed by atoms with Gasteiger partial charge in [-0.2, -0.15) is 8.78 Å². The summed E-state index contributed by atoms with van der Waals surface area (Å²) < 4.78 is 33.1. The number of rotatable bonds is 5. The van der Waals surface area contributed by atoms with Gasteiger partial charge in [0.25, 0.3) is 5.91 Å². The molecule has 0 radical (unpaired) electrons. The minimum absolute atomic E-state index is 0.0984. The summed E-state index contributed by atoms with van der Waals surface area (Å²) >= 11 is 1.36. The third-order valence-electron chi connectivity index (χ3n) is 2.90. The van der Waals surface area contributed by atoms with Crippen LogP contribution in [0.1, 0.15) is 10.4 Å². The molecule has 0 bridgehead atoms. The van der Waals surface area contributed by atoms with E-state index in [1.165, 1.54) is 35.9 Å². The first kappa shape index (κ1) is 15.2. The maximum absolute atomic E-state index is 12.1. The molecule has 0 aliphatic rings. The lowest BCUT2D eigenvalue weighted by atomic mass is 10.2. The van der Waals surface area contributed by atoms with Crippen LogP contribution in [0.15, 0.2) is 53.4 Å². The lowest BCUT2D eigenvalue weighted by Gasteiger charge is -2.04. The number of nitrogens with one attached hydrogen (secondary N) is 1. The maximum atomic E-state index is 12.1. The van der Waals surface area contributed by atoms with Crippen LogP contribution in [0.5, 0.6) is 5.75 Å². The zero-order chi connectivity index (χ0) is 16.2. The van der Waals surface area contributed by atoms with Gasteiger partial charge in [-0.05, 0) is 42.0 Å². The number of aromatic nitrogens is 1. The van der Waals surface area contributed by atoms with Crippen LogP contribution in [0.3, 0.4) is 0 Å². The number of benzene rings is 1. The van der Waals surface area contributed by atoms with Crippen molar-refractivity contribution < 1.29 is 22.8 Å². The number of carbonyl (C=O) groups is 1. The molecule has 3 rings (SSSR count). The Morgan fingerprint density at radius 3 is 2.65 bits per heavy atom. The first-order valence-corrected chi connectivity index (χ1v) is 7.29. The first-order chi connectivity index (χ1) is 11.1. The van der Waals surface area contributed by atoms with Gasteiger partial charge in [-0.15, -0.1) is 11.3 Å². The molecule has 3 aromatic rings. The van der Waals surface area contributed by atoms with Gasteiger partial charge in [0.1, 0.15) is 12.0 Å². The Hall–Kier alpha value is -2.74. The Morgan fingerprint density at radius 1 is 1.22 bits per heavy atom. The predicted octanol–water partition coefficient (Wildman–Crippen LogP) is 4.26. The Bertz CT molecular complexity index is 785. The number of nitrogens with zero attached hydrogens (tertiary/aromatic N) is 1. The van der Waals surface area contributed by atoms with Crippen molar-refractivity contribution in [2.24, 2.45) is 0 Å². The van der Waals surface area contributed by atoms with E-state index < -0.39 is 6.61 Å². The second-order valence-corrected chi connectivity index (χ2v) is 5.52. The standard InChI is InChI=1S/C15H10F2N2O3S/c16-15(17)22-11-3-1-9(2-4-11)12-5-6-13(23-12)19-14(20)10-7-18-21-8-10/h1-8,15H,(H,19,20). The normalized spacial score (nSPS) is 10.7. The second kappa shape index (κ2) is 6.57. The van der Waals surface area contributed by atoms with Gasteiger partial charge in [0.05, 0.1) is 16.8 Å². The topological polar surface area (TPSA) is 64.4 Å². The molecule has 0 unspecified atom stereocenters. The molecule has 0 aliphatic carbocycles. The van der Waals surface area contributed by atoms with Crippen molar-refractivity contribution in [2.45, 2.75) is 6.61 Å². The van der Waals surface area contributed by atoms with Gasteiger partial charge in [0, 0.05) is 4.88 Å². The molecule has 2 aromatic heterocycles. The highest BCUT2D eigenvalue weighted by molar-refractivity contribution is 7.19. The average molecular weight is 336 g/mol. The van der Waals surface area contributed by atoms with E-state index in [-0.39, 0.29) is 11.7 Å². The van der Waals surface area contributed by atoms with E-state index >= 15 is 0 Å². The van der Waals surface area contributed by atoms with Crippen molar-refractivity contribution in [1.82, 2.24) is 5.16 Å². The summed E-state index contributed by atoms with van der Waals surface area (Å²) in [6.45, 7) is -2.85. The van der Waals surface area contributed by atoms with Crippen LogP contribution in [-0.2, 0) is 0 Å². The fraction of sp³-hybridized carbons (Fsp3) is 0.0667. The quantitative estimate of drug-likeness (QED) is 0.756. The molecule has 0 spiro atoms. The molecule has 0 saturated heterocycles. The Balaban J connectivity index is 1.70. The molecule has 23 heavy (non-hydrogen) atoms. The van der Waals surface area contributed by atoms with Crippen molar-refractivity contribution in [2.75, 3.05) is 5.32 Å². The minimum Gasteiger partial charge on any atom is -0.435 e. The number of halogens is 2. The van der Waals surface area contributed by atoms with E-state index in [4.69, 9.17) is 0 Å². The van der Waals surface area contributed by atoms with Gasteiger partial charge in [-0.1, -0.05) is 5.16 Å². The third kappa shape index (κ3) is 3.72. The lowest BCUT2D eigenvalue weighted by molar-refractivity contribution is -0.0498. The number of thiophene rings is 1. The largest absolute Gasteiger partial charge is 0.435 e. The smallest absolute Gasteiger partial charge is 0.387 e. The molecule has 1 aromatic carbocycles. The SMILES string of the molecule is O=C(Nc1ccc(-c2ccc(OC(F)F)cc2)s1)c1cnoc1. The first-order valence-electron chi connectivity index (χ1n) is 6.47. The van der Waals surface area contributed by atoms with Crippen molar-refractivity contribution in [3.63, 3.8) is 0 Å². The van der Waals surface area contributed by atoms with E-state index in [0.29, 0.717) is 10.6 Å². The van der Waals surface area contributed by atoms with Crippen molar-refractivity contribution in [1.29, 1.82) is 0 Å². The molecule has 0 saturated carbocycles. The van der Waals surface area contributed by atoms with Gasteiger partial charge < -0.3 is 14.6 Å². The molecule has 2 heterocycles. The zero-order valence-corrected chi connectivity index (χ0v) is 12.3. The van der Waals surface area contributed by atoms with E-state index in [1.807, 2.05) is 6.07 Å². The number of hydrogen-bond donors (Lipinski definition) is 1. The monoisotopic (exact) mass is 336 g/mol. The molecule has 1 amide bonds. The average Bonchev–Trinajstić information content (AvgIpc) is 3.18. The van der Waals surface area contributed by atoms with Gasteiger partial charge in [0.2, 0.25) is 0 Å². The fourth-order valence-corrected chi connectivity index (χ4v) is 2.77. The van der Waals surface area contributed by atoms with E-state index in [1.54, 1.807) is 18.2 Å². The highest BCUT2D eigenvalue weighted by Gasteiger charge is 2.11. The fourth-order valence-electron chi connectivity index (χ4n) is 1.86. The van der Waals surface area contributed by atoms with Gasteiger partial charge in [0.15, 0.2) is 0 Å². The molecule has 1 N–H and O–H groups in total. The second-order valence-electron chi connectivity index (χ2n) is 4.43. The van der Waals surface area contributed by atoms with Crippen LogP contribution in [0.2, 0.25) is 0 Å². The summed E-state index contributed by atoms with van der Waals surface area (Å²) in [6.07, 6.45) is 2.58. The minimum atomic E-state index is -2.85. The van der Waals surface area contributed by atoms with Gasteiger partial charge in [-0.3, -0.25) is 4.79 Å². The van der Waals surface area contributed by atoms with Crippen molar-refractivity contribution in [3.8, 4) is 16.2 Å². The number of carbonyl (C=O) groups excluding carboxylic acids is 1. The molecule has 0 atom stereocenters.